The summed E-state index contributed by atoms with van der Waals surface area (Å²) in [5, 5.41) is 3.53. The highest BCUT2D eigenvalue weighted by molar-refractivity contribution is 7.91. The van der Waals surface area contributed by atoms with Crippen LogP contribution in [0.25, 0.3) is 0 Å². The summed E-state index contributed by atoms with van der Waals surface area (Å²) in [6.45, 7) is 7.60. The predicted octanol–water partition coefficient (Wildman–Crippen LogP) is 1.84. The van der Waals surface area contributed by atoms with Gasteiger partial charge in [-0.05, 0) is 37.6 Å². The van der Waals surface area contributed by atoms with Gasteiger partial charge in [0, 0.05) is 6.04 Å². The lowest BCUT2D eigenvalue weighted by molar-refractivity contribution is 0.332. The molecular weight excluding hydrogens is 222 g/mol. The molecule has 0 bridgehead atoms. The van der Waals surface area contributed by atoms with Gasteiger partial charge in [-0.15, -0.1) is 0 Å². The number of nitrogens with one attached hydrogen (secondary N) is 1. The number of hydrogen-bond acceptors (Lipinski definition) is 3. The maximum Gasteiger partial charge on any atom is 0.150 e. The first-order valence-corrected chi connectivity index (χ1v) is 8.20. The third kappa shape index (κ3) is 4.42. The Balaban J connectivity index is 2.43. The third-order valence-electron chi connectivity index (χ3n) is 3.38. The first-order valence-electron chi connectivity index (χ1n) is 6.38. The molecule has 1 fully saturated rings. The minimum absolute atomic E-state index is 0.377. The number of hydrogen-bond donors (Lipinski definition) is 1. The Kier molecular flexibility index (Phi) is 5.25. The molecule has 0 radical (unpaired) electrons. The molecule has 2 unspecified atom stereocenters. The molecular formula is C12H25NO2S. The zero-order valence-electron chi connectivity index (χ0n) is 10.7. The molecule has 0 amide bonds. The summed E-state index contributed by atoms with van der Waals surface area (Å²) < 4.78 is 22.8. The van der Waals surface area contributed by atoms with Crippen LogP contribution in [0.1, 0.15) is 40.0 Å². The SMILES string of the molecule is CCCNC(CC1CCS(=O)(=O)C1)C(C)C. The highest BCUT2D eigenvalue weighted by atomic mass is 32.2. The molecule has 96 valence electrons. The molecule has 0 aromatic carbocycles. The monoisotopic (exact) mass is 247 g/mol. The van der Waals surface area contributed by atoms with Crippen LogP contribution in [0.3, 0.4) is 0 Å². The van der Waals surface area contributed by atoms with Gasteiger partial charge in [0.2, 0.25) is 0 Å². The van der Waals surface area contributed by atoms with Crippen LogP contribution in [0.5, 0.6) is 0 Å². The van der Waals surface area contributed by atoms with E-state index in [2.05, 4.69) is 26.1 Å². The van der Waals surface area contributed by atoms with Crippen molar-refractivity contribution in [1.29, 1.82) is 0 Å². The van der Waals surface area contributed by atoms with Crippen molar-refractivity contribution in [2.75, 3.05) is 18.1 Å². The van der Waals surface area contributed by atoms with Crippen molar-refractivity contribution < 1.29 is 8.42 Å². The van der Waals surface area contributed by atoms with Gasteiger partial charge in [0.25, 0.3) is 0 Å². The molecule has 0 saturated carbocycles. The first kappa shape index (κ1) is 14.0. The maximum absolute atomic E-state index is 11.4. The standard InChI is InChI=1S/C12H25NO2S/c1-4-6-13-12(10(2)3)8-11-5-7-16(14,15)9-11/h10-13H,4-9H2,1-3H3. The Morgan fingerprint density at radius 3 is 2.50 bits per heavy atom. The van der Waals surface area contributed by atoms with E-state index in [4.69, 9.17) is 0 Å². The van der Waals surface area contributed by atoms with Crippen LogP contribution in [-0.2, 0) is 9.84 Å². The van der Waals surface area contributed by atoms with Gasteiger partial charge in [-0.3, -0.25) is 0 Å². The van der Waals surface area contributed by atoms with Crippen molar-refractivity contribution in [1.82, 2.24) is 5.32 Å². The van der Waals surface area contributed by atoms with Gasteiger partial charge in [0.05, 0.1) is 11.5 Å². The van der Waals surface area contributed by atoms with Gasteiger partial charge in [0.15, 0.2) is 9.84 Å². The normalized spacial score (nSPS) is 26.1. The van der Waals surface area contributed by atoms with Crippen LogP contribution in [0.15, 0.2) is 0 Å². The second kappa shape index (κ2) is 6.01. The van der Waals surface area contributed by atoms with Gasteiger partial charge in [-0.1, -0.05) is 20.8 Å². The van der Waals surface area contributed by atoms with E-state index < -0.39 is 9.84 Å². The van der Waals surface area contributed by atoms with E-state index in [-0.39, 0.29) is 0 Å². The van der Waals surface area contributed by atoms with E-state index in [1.807, 2.05) is 0 Å². The zero-order valence-corrected chi connectivity index (χ0v) is 11.5. The largest absolute Gasteiger partial charge is 0.314 e. The smallest absolute Gasteiger partial charge is 0.150 e. The summed E-state index contributed by atoms with van der Waals surface area (Å²) in [4.78, 5) is 0. The molecule has 2 atom stereocenters. The fourth-order valence-corrected chi connectivity index (χ4v) is 4.22. The third-order valence-corrected chi connectivity index (χ3v) is 5.21. The van der Waals surface area contributed by atoms with Crippen LogP contribution in [-0.4, -0.2) is 32.5 Å². The Hall–Kier alpha value is -0.0900. The highest BCUT2D eigenvalue weighted by Gasteiger charge is 2.30. The van der Waals surface area contributed by atoms with E-state index in [1.165, 1.54) is 0 Å². The van der Waals surface area contributed by atoms with Crippen molar-refractivity contribution in [2.45, 2.75) is 46.1 Å². The van der Waals surface area contributed by atoms with Crippen LogP contribution < -0.4 is 5.32 Å². The molecule has 1 heterocycles. The van der Waals surface area contributed by atoms with Crippen LogP contribution in [0.4, 0.5) is 0 Å². The first-order chi connectivity index (χ1) is 7.44. The maximum atomic E-state index is 11.4. The van der Waals surface area contributed by atoms with Crippen LogP contribution >= 0.6 is 0 Å². The molecule has 1 N–H and O–H groups in total. The molecule has 1 rings (SSSR count). The van der Waals surface area contributed by atoms with Crippen LogP contribution in [0.2, 0.25) is 0 Å². The predicted molar refractivity (Wildman–Crippen MR) is 68.3 cm³/mol. The van der Waals surface area contributed by atoms with Gasteiger partial charge < -0.3 is 5.32 Å². The Morgan fingerprint density at radius 1 is 1.38 bits per heavy atom. The van der Waals surface area contributed by atoms with E-state index >= 15 is 0 Å². The molecule has 0 aliphatic carbocycles. The Morgan fingerprint density at radius 2 is 2.06 bits per heavy atom. The summed E-state index contributed by atoms with van der Waals surface area (Å²) in [7, 11) is -2.72. The average molecular weight is 247 g/mol. The second-order valence-electron chi connectivity index (χ2n) is 5.31. The van der Waals surface area contributed by atoms with E-state index in [1.54, 1.807) is 0 Å². The van der Waals surface area contributed by atoms with Crippen LogP contribution in [0, 0.1) is 11.8 Å². The summed E-state index contributed by atoms with van der Waals surface area (Å²) in [6, 6.07) is 0.471. The second-order valence-corrected chi connectivity index (χ2v) is 7.54. The molecule has 4 heteroatoms. The van der Waals surface area contributed by atoms with Crippen molar-refractivity contribution >= 4 is 9.84 Å². The van der Waals surface area contributed by atoms with Gasteiger partial charge >= 0.3 is 0 Å². The number of sulfone groups is 1. The van der Waals surface area contributed by atoms with E-state index in [9.17, 15) is 8.42 Å². The molecule has 0 aromatic rings. The molecule has 1 aliphatic rings. The molecule has 1 saturated heterocycles. The molecule has 0 aromatic heterocycles. The Labute approximate surface area is 99.9 Å². The fraction of sp³-hybridized carbons (Fsp3) is 1.00. The Bertz CT molecular complexity index is 298. The van der Waals surface area contributed by atoms with Gasteiger partial charge in [-0.2, -0.15) is 0 Å². The van der Waals surface area contributed by atoms with Crippen molar-refractivity contribution in [3.8, 4) is 0 Å². The summed E-state index contributed by atoms with van der Waals surface area (Å²) in [5.41, 5.74) is 0. The lowest BCUT2D eigenvalue weighted by Crippen LogP contribution is -2.36. The summed E-state index contributed by atoms with van der Waals surface area (Å²) in [5.74, 6) is 1.76. The minimum Gasteiger partial charge on any atom is -0.314 e. The van der Waals surface area contributed by atoms with Crippen molar-refractivity contribution in [3.05, 3.63) is 0 Å². The van der Waals surface area contributed by atoms with Crippen molar-refractivity contribution in [3.63, 3.8) is 0 Å². The van der Waals surface area contributed by atoms with Gasteiger partial charge in [-0.25, -0.2) is 8.42 Å². The average Bonchev–Trinajstić information content (AvgIpc) is 2.52. The van der Waals surface area contributed by atoms with Crippen molar-refractivity contribution in [2.24, 2.45) is 11.8 Å². The lowest BCUT2D eigenvalue weighted by Gasteiger charge is -2.24. The number of rotatable bonds is 6. The topological polar surface area (TPSA) is 46.2 Å². The fourth-order valence-electron chi connectivity index (χ4n) is 2.34. The quantitative estimate of drug-likeness (QED) is 0.779. The summed E-state index contributed by atoms with van der Waals surface area (Å²) >= 11 is 0. The molecule has 16 heavy (non-hydrogen) atoms. The minimum atomic E-state index is -2.72. The van der Waals surface area contributed by atoms with E-state index in [0.717, 1.165) is 25.8 Å². The summed E-state index contributed by atoms with van der Waals surface area (Å²) in [6.07, 6.45) is 3.00. The molecule has 1 aliphatic heterocycles. The zero-order chi connectivity index (χ0) is 12.2. The molecule has 3 nitrogen and oxygen atoms in total. The lowest BCUT2D eigenvalue weighted by atomic mass is 9.92. The van der Waals surface area contributed by atoms with Gasteiger partial charge in [0.1, 0.15) is 0 Å². The molecule has 0 spiro atoms. The highest BCUT2D eigenvalue weighted by Crippen LogP contribution is 2.25. The van der Waals surface area contributed by atoms with E-state index in [0.29, 0.717) is 29.4 Å².